The molecular weight excluding hydrogens is 337 g/mol. The minimum Gasteiger partial charge on any atom is -0.496 e. The maximum Gasteiger partial charge on any atom is 0.408 e. The normalized spacial score (nSPS) is 18.9. The summed E-state index contributed by atoms with van der Waals surface area (Å²) in [5.74, 6) is 0.250. The van der Waals surface area contributed by atoms with E-state index < -0.39 is 12.2 Å². The molecule has 7 heteroatoms. The topological polar surface area (TPSA) is 24.5 Å². The number of nitrogens with one attached hydrogen (secondary N) is 1. The molecule has 2 rings (SSSR count). The van der Waals surface area contributed by atoms with Gasteiger partial charge in [0.25, 0.3) is 0 Å². The molecule has 1 aliphatic rings. The second-order valence-corrected chi connectivity index (χ2v) is 5.53. The Morgan fingerprint density at radius 1 is 1.30 bits per heavy atom. The van der Waals surface area contributed by atoms with E-state index in [2.05, 4.69) is 21.2 Å². The van der Waals surface area contributed by atoms with E-state index >= 15 is 0 Å². The van der Waals surface area contributed by atoms with Crippen molar-refractivity contribution in [2.45, 2.75) is 12.2 Å². The number of alkyl halides is 3. The summed E-state index contributed by atoms with van der Waals surface area (Å²) in [5, 5.41) is 3.06. The number of methoxy groups -OCH3 is 1. The van der Waals surface area contributed by atoms with Gasteiger partial charge in [0.05, 0.1) is 7.11 Å². The highest BCUT2D eigenvalue weighted by atomic mass is 79.9. The zero-order valence-electron chi connectivity index (χ0n) is 11.0. The van der Waals surface area contributed by atoms with Gasteiger partial charge in [-0.3, -0.25) is 4.90 Å². The first-order chi connectivity index (χ1) is 9.43. The number of benzene rings is 1. The van der Waals surface area contributed by atoms with E-state index in [0.717, 1.165) is 0 Å². The number of halogens is 4. The smallest absolute Gasteiger partial charge is 0.408 e. The number of hydrogen-bond acceptors (Lipinski definition) is 3. The fourth-order valence-corrected chi connectivity index (χ4v) is 2.77. The van der Waals surface area contributed by atoms with Crippen LogP contribution in [0.15, 0.2) is 22.7 Å². The third kappa shape index (κ3) is 3.45. The minimum atomic E-state index is -4.33. The van der Waals surface area contributed by atoms with Crippen LogP contribution in [0.5, 0.6) is 5.75 Å². The van der Waals surface area contributed by atoms with Gasteiger partial charge in [0.1, 0.15) is 11.8 Å². The van der Waals surface area contributed by atoms with Crippen LogP contribution >= 0.6 is 15.9 Å². The first-order valence-corrected chi connectivity index (χ1v) is 7.07. The van der Waals surface area contributed by atoms with Crippen LogP contribution in [0.1, 0.15) is 11.6 Å². The molecular formula is C13H16BrF3N2O. The highest BCUT2D eigenvalue weighted by Crippen LogP contribution is 2.42. The molecule has 0 spiro atoms. The van der Waals surface area contributed by atoms with E-state index in [4.69, 9.17) is 4.74 Å². The van der Waals surface area contributed by atoms with Gasteiger partial charge in [-0.25, -0.2) is 0 Å². The van der Waals surface area contributed by atoms with Gasteiger partial charge in [-0.2, -0.15) is 13.2 Å². The molecule has 20 heavy (non-hydrogen) atoms. The van der Waals surface area contributed by atoms with Crippen LogP contribution < -0.4 is 10.1 Å². The number of piperazine rings is 1. The molecule has 1 aliphatic heterocycles. The van der Waals surface area contributed by atoms with Gasteiger partial charge >= 0.3 is 6.18 Å². The molecule has 0 aromatic heterocycles. The zero-order chi connectivity index (χ0) is 14.8. The SMILES string of the molecule is COc1cc(Br)ccc1[C@H](N1CCNCC1)C(F)(F)F. The van der Waals surface area contributed by atoms with Gasteiger partial charge in [0.15, 0.2) is 0 Å². The molecule has 0 bridgehead atoms. The Labute approximate surface area is 124 Å². The largest absolute Gasteiger partial charge is 0.496 e. The molecule has 0 radical (unpaired) electrons. The van der Waals surface area contributed by atoms with Crippen LogP contribution in [0.2, 0.25) is 0 Å². The molecule has 0 saturated carbocycles. The minimum absolute atomic E-state index is 0.158. The van der Waals surface area contributed by atoms with Crippen LogP contribution in [0.3, 0.4) is 0 Å². The van der Waals surface area contributed by atoms with Gasteiger partial charge in [0, 0.05) is 36.2 Å². The summed E-state index contributed by atoms with van der Waals surface area (Å²) < 4.78 is 46.2. The highest BCUT2D eigenvalue weighted by Gasteiger charge is 2.46. The highest BCUT2D eigenvalue weighted by molar-refractivity contribution is 9.10. The van der Waals surface area contributed by atoms with E-state index in [0.29, 0.717) is 30.7 Å². The van der Waals surface area contributed by atoms with Crippen molar-refractivity contribution in [2.24, 2.45) is 0 Å². The van der Waals surface area contributed by atoms with E-state index in [-0.39, 0.29) is 11.3 Å². The molecule has 1 aromatic rings. The molecule has 1 aromatic carbocycles. The van der Waals surface area contributed by atoms with Crippen molar-refractivity contribution >= 4 is 15.9 Å². The lowest BCUT2D eigenvalue weighted by Gasteiger charge is -2.36. The summed E-state index contributed by atoms with van der Waals surface area (Å²) in [6.07, 6.45) is -4.33. The van der Waals surface area contributed by atoms with Gasteiger partial charge < -0.3 is 10.1 Å². The molecule has 3 nitrogen and oxygen atoms in total. The molecule has 112 valence electrons. The molecule has 1 fully saturated rings. The van der Waals surface area contributed by atoms with E-state index in [1.165, 1.54) is 18.1 Å². The van der Waals surface area contributed by atoms with Crippen LogP contribution in [-0.2, 0) is 0 Å². The van der Waals surface area contributed by atoms with Crippen LogP contribution in [0.4, 0.5) is 13.2 Å². The summed E-state index contributed by atoms with van der Waals surface area (Å²) >= 11 is 3.25. The Morgan fingerprint density at radius 3 is 2.50 bits per heavy atom. The average Bonchev–Trinajstić information content (AvgIpc) is 2.40. The Kier molecular flexibility index (Phi) is 4.93. The molecule has 1 saturated heterocycles. The van der Waals surface area contributed by atoms with Crippen molar-refractivity contribution in [1.82, 2.24) is 10.2 Å². The quantitative estimate of drug-likeness (QED) is 0.904. The first kappa shape index (κ1) is 15.6. The predicted octanol–water partition coefficient (Wildman–Crippen LogP) is 2.97. The third-order valence-corrected chi connectivity index (χ3v) is 3.81. The second-order valence-electron chi connectivity index (χ2n) is 4.62. The molecule has 0 aliphatic carbocycles. The van der Waals surface area contributed by atoms with Crippen molar-refractivity contribution < 1.29 is 17.9 Å². The predicted molar refractivity (Wildman–Crippen MR) is 73.9 cm³/mol. The molecule has 0 amide bonds. The Hall–Kier alpha value is -0.790. The summed E-state index contributed by atoms with van der Waals surface area (Å²) in [4.78, 5) is 1.45. The van der Waals surface area contributed by atoms with Crippen molar-refractivity contribution in [3.05, 3.63) is 28.2 Å². The third-order valence-electron chi connectivity index (χ3n) is 3.32. The van der Waals surface area contributed by atoms with Crippen LogP contribution in [0, 0.1) is 0 Å². The summed E-state index contributed by atoms with van der Waals surface area (Å²) in [6.45, 7) is 1.85. The van der Waals surface area contributed by atoms with Gasteiger partial charge in [0.2, 0.25) is 0 Å². The maximum atomic E-state index is 13.5. The van der Waals surface area contributed by atoms with Crippen LogP contribution in [-0.4, -0.2) is 44.4 Å². The maximum absolute atomic E-state index is 13.5. The summed E-state index contributed by atoms with van der Waals surface area (Å²) in [6, 6.07) is 3.02. The van der Waals surface area contributed by atoms with Crippen molar-refractivity contribution in [3.63, 3.8) is 0 Å². The van der Waals surface area contributed by atoms with Gasteiger partial charge in [-0.05, 0) is 12.1 Å². The Balaban J connectivity index is 2.40. The fourth-order valence-electron chi connectivity index (χ4n) is 2.43. The van der Waals surface area contributed by atoms with E-state index in [9.17, 15) is 13.2 Å². The van der Waals surface area contributed by atoms with Crippen LogP contribution in [0.25, 0.3) is 0 Å². The fraction of sp³-hybridized carbons (Fsp3) is 0.538. The average molecular weight is 353 g/mol. The van der Waals surface area contributed by atoms with E-state index in [1.807, 2.05) is 0 Å². The molecule has 1 atom stereocenters. The summed E-state index contributed by atoms with van der Waals surface area (Å²) in [5.41, 5.74) is 0.158. The summed E-state index contributed by atoms with van der Waals surface area (Å²) in [7, 11) is 1.39. The van der Waals surface area contributed by atoms with Crippen molar-refractivity contribution in [1.29, 1.82) is 0 Å². The van der Waals surface area contributed by atoms with Crippen molar-refractivity contribution in [3.8, 4) is 5.75 Å². The molecule has 1 N–H and O–H groups in total. The monoisotopic (exact) mass is 352 g/mol. The van der Waals surface area contributed by atoms with E-state index in [1.54, 1.807) is 12.1 Å². The van der Waals surface area contributed by atoms with Gasteiger partial charge in [-0.1, -0.05) is 22.0 Å². The Bertz CT molecular complexity index is 461. The number of hydrogen-bond donors (Lipinski definition) is 1. The Morgan fingerprint density at radius 2 is 1.95 bits per heavy atom. The first-order valence-electron chi connectivity index (χ1n) is 6.28. The lowest BCUT2D eigenvalue weighted by Crippen LogP contribution is -2.49. The number of rotatable bonds is 3. The lowest BCUT2D eigenvalue weighted by atomic mass is 10.0. The molecule has 1 heterocycles. The van der Waals surface area contributed by atoms with Crippen molar-refractivity contribution in [2.75, 3.05) is 33.3 Å². The molecule has 0 unspecified atom stereocenters. The van der Waals surface area contributed by atoms with Gasteiger partial charge in [-0.15, -0.1) is 0 Å². The number of nitrogens with zero attached hydrogens (tertiary/aromatic N) is 1. The standard InChI is InChI=1S/C13H16BrF3N2O/c1-20-11-8-9(14)2-3-10(11)12(13(15,16)17)19-6-4-18-5-7-19/h2-3,8,12,18H,4-7H2,1H3/t12-/m0/s1. The second kappa shape index (κ2) is 6.32. The number of ether oxygens (including phenoxy) is 1. The lowest BCUT2D eigenvalue weighted by molar-refractivity contribution is -0.188. The zero-order valence-corrected chi connectivity index (χ0v) is 12.6.